The maximum absolute atomic E-state index is 3.27. The van der Waals surface area contributed by atoms with Crippen molar-refractivity contribution < 1.29 is 0 Å². The van der Waals surface area contributed by atoms with Crippen LogP contribution in [0.4, 0.5) is 0 Å². The molecule has 0 saturated heterocycles. The number of benzene rings is 2. The molecule has 0 N–H and O–H groups in total. The lowest BCUT2D eigenvalue weighted by Gasteiger charge is -2.02. The molecular weight excluding hydrogens is 192 g/mol. The number of hydrogen-bond acceptors (Lipinski definition) is 0. The highest BCUT2D eigenvalue weighted by molar-refractivity contribution is 5.89. The van der Waals surface area contributed by atoms with E-state index >= 15 is 0 Å². The molecule has 2 aromatic carbocycles. The predicted molar refractivity (Wildman–Crippen MR) is 67.4 cm³/mol. The molecule has 0 radical (unpaired) electrons. The maximum Gasteiger partial charge on any atom is 0.157 e. The van der Waals surface area contributed by atoms with E-state index in [1.807, 2.05) is 6.08 Å². The van der Waals surface area contributed by atoms with Gasteiger partial charge in [-0.1, -0.05) is 18.2 Å². The molecule has 2 aliphatic rings. The predicted octanol–water partition coefficient (Wildman–Crippen LogP) is 0.411. The van der Waals surface area contributed by atoms with Crippen molar-refractivity contribution in [1.29, 1.82) is 0 Å². The summed E-state index contributed by atoms with van der Waals surface area (Å²) in [5, 5.41) is 7.77. The second-order valence-electron chi connectivity index (χ2n) is 4.23. The summed E-state index contributed by atoms with van der Waals surface area (Å²) < 4.78 is 0. The van der Waals surface area contributed by atoms with Crippen molar-refractivity contribution in [3.63, 3.8) is 0 Å². The molecule has 0 aromatic heterocycles. The molecule has 0 heterocycles. The Bertz CT molecular complexity index is 872. The zero-order valence-corrected chi connectivity index (χ0v) is 8.75. The third kappa shape index (κ3) is 0.882. The van der Waals surface area contributed by atoms with Gasteiger partial charge in [0, 0.05) is 23.3 Å². The minimum absolute atomic E-state index is 1.04. The zero-order valence-electron chi connectivity index (χ0n) is 8.75. The third-order valence-electron chi connectivity index (χ3n) is 3.36. The highest BCUT2D eigenvalue weighted by atomic mass is 14.1. The van der Waals surface area contributed by atoms with Crippen LogP contribution in [0.3, 0.4) is 0 Å². The summed E-state index contributed by atoms with van der Waals surface area (Å²) >= 11 is 0. The Morgan fingerprint density at radius 1 is 0.938 bits per heavy atom. The van der Waals surface area contributed by atoms with Crippen LogP contribution >= 0.6 is 0 Å². The molecule has 0 atom stereocenters. The summed E-state index contributed by atoms with van der Waals surface area (Å²) in [7, 11) is 0. The van der Waals surface area contributed by atoms with Gasteiger partial charge in [0.25, 0.3) is 0 Å². The van der Waals surface area contributed by atoms with Crippen molar-refractivity contribution in [1.82, 2.24) is 0 Å². The summed E-state index contributed by atoms with van der Waals surface area (Å²) in [6, 6.07) is 8.71. The average Bonchev–Trinajstić information content (AvgIpc) is 2.36. The Kier molecular flexibility index (Phi) is 1.37. The normalized spacial score (nSPS) is 14.2. The fourth-order valence-corrected chi connectivity index (χ4v) is 2.63. The molecule has 2 aliphatic carbocycles. The van der Waals surface area contributed by atoms with Gasteiger partial charge in [-0.2, -0.15) is 0 Å². The SMILES string of the molecule is C1=C[C+]=c2ccc3c4c(ccc=1c24)=CCC=3. The fourth-order valence-electron chi connectivity index (χ4n) is 2.63. The second-order valence-corrected chi connectivity index (χ2v) is 4.23. The molecule has 0 nitrogen and oxygen atoms in total. The van der Waals surface area contributed by atoms with Crippen molar-refractivity contribution in [3.05, 3.63) is 51.2 Å². The van der Waals surface area contributed by atoms with E-state index < -0.39 is 0 Å². The van der Waals surface area contributed by atoms with Gasteiger partial charge in [-0.3, -0.25) is 0 Å². The summed E-state index contributed by atoms with van der Waals surface area (Å²) in [4.78, 5) is 0. The topological polar surface area (TPSA) is 0 Å². The van der Waals surface area contributed by atoms with Crippen molar-refractivity contribution >= 4 is 34.7 Å². The number of rotatable bonds is 0. The van der Waals surface area contributed by atoms with Gasteiger partial charge in [-0.25, -0.2) is 0 Å². The minimum Gasteiger partial charge on any atom is -0.0719 e. The van der Waals surface area contributed by atoms with Crippen LogP contribution in [0.5, 0.6) is 0 Å². The lowest BCUT2D eigenvalue weighted by Crippen LogP contribution is -2.27. The standard InChI is InChI=1S/C16H9/c1-3-11-7-9-13-5-2-6-14-10-8-12(4-1)15(11)16(13)14/h1,5-10H,2H2/q+1. The Labute approximate surface area is 92.8 Å². The van der Waals surface area contributed by atoms with Crippen LogP contribution < -0.4 is 20.9 Å². The van der Waals surface area contributed by atoms with Crippen molar-refractivity contribution in [3.8, 4) is 0 Å². The first-order chi connectivity index (χ1) is 7.93. The minimum atomic E-state index is 1.04. The third-order valence-corrected chi connectivity index (χ3v) is 3.36. The molecule has 0 spiro atoms. The van der Waals surface area contributed by atoms with Crippen molar-refractivity contribution in [2.24, 2.45) is 0 Å². The average molecular weight is 201 g/mol. The van der Waals surface area contributed by atoms with Gasteiger partial charge in [0.1, 0.15) is 16.7 Å². The zero-order chi connectivity index (χ0) is 10.5. The Morgan fingerprint density at radius 2 is 1.75 bits per heavy atom. The van der Waals surface area contributed by atoms with Crippen LogP contribution in [0.2, 0.25) is 0 Å². The summed E-state index contributed by atoms with van der Waals surface area (Å²) in [5.41, 5.74) is 3.27. The number of allylic oxidation sites excluding steroid dienone is 1. The quantitative estimate of drug-likeness (QED) is 0.542. The van der Waals surface area contributed by atoms with Crippen LogP contribution in [0.15, 0.2) is 30.3 Å². The van der Waals surface area contributed by atoms with Crippen LogP contribution in [0.25, 0.3) is 34.7 Å². The summed E-state index contributed by atoms with van der Waals surface area (Å²) in [6.45, 7) is 0. The first kappa shape index (κ1) is 8.07. The largest absolute Gasteiger partial charge is 0.157 e. The molecule has 0 fully saturated rings. The van der Waals surface area contributed by atoms with Gasteiger partial charge < -0.3 is 0 Å². The molecule has 0 heteroatoms. The van der Waals surface area contributed by atoms with Gasteiger partial charge in [-0.15, -0.1) is 0 Å². The molecule has 16 heavy (non-hydrogen) atoms. The smallest absolute Gasteiger partial charge is 0.0719 e. The molecule has 0 amide bonds. The maximum atomic E-state index is 3.27. The molecule has 0 unspecified atom stereocenters. The van der Waals surface area contributed by atoms with E-state index in [0.717, 1.165) is 6.42 Å². The van der Waals surface area contributed by atoms with E-state index in [1.165, 1.54) is 31.6 Å². The lowest BCUT2D eigenvalue weighted by molar-refractivity contribution is 1.46. The van der Waals surface area contributed by atoms with Crippen LogP contribution in [0.1, 0.15) is 6.42 Å². The van der Waals surface area contributed by atoms with Gasteiger partial charge in [0.05, 0.1) is 0 Å². The van der Waals surface area contributed by atoms with E-state index in [1.54, 1.807) is 0 Å². The van der Waals surface area contributed by atoms with E-state index in [0.29, 0.717) is 0 Å². The highest BCUT2D eigenvalue weighted by Crippen LogP contribution is 2.01. The highest BCUT2D eigenvalue weighted by Gasteiger charge is 2.10. The second kappa shape index (κ2) is 2.71. The van der Waals surface area contributed by atoms with E-state index in [9.17, 15) is 0 Å². The first-order valence-electron chi connectivity index (χ1n) is 5.54. The van der Waals surface area contributed by atoms with E-state index in [-0.39, 0.29) is 0 Å². The molecule has 4 rings (SSSR count). The van der Waals surface area contributed by atoms with E-state index in [4.69, 9.17) is 0 Å². The van der Waals surface area contributed by atoms with Crippen LogP contribution in [-0.2, 0) is 0 Å². The first-order valence-corrected chi connectivity index (χ1v) is 5.54. The monoisotopic (exact) mass is 201 g/mol. The van der Waals surface area contributed by atoms with E-state index in [2.05, 4.69) is 48.2 Å². The molecule has 0 aliphatic heterocycles. The van der Waals surface area contributed by atoms with Crippen LogP contribution in [-0.4, -0.2) is 0 Å². The van der Waals surface area contributed by atoms with Gasteiger partial charge in [0.2, 0.25) is 0 Å². The summed E-state index contributed by atoms with van der Waals surface area (Å²) in [6.07, 6.45) is 10.8. The Morgan fingerprint density at radius 3 is 2.62 bits per heavy atom. The van der Waals surface area contributed by atoms with Gasteiger partial charge >= 0.3 is 0 Å². The van der Waals surface area contributed by atoms with Crippen molar-refractivity contribution in [2.45, 2.75) is 6.42 Å². The molecule has 0 saturated carbocycles. The van der Waals surface area contributed by atoms with Gasteiger partial charge in [-0.05, 0) is 29.0 Å². The van der Waals surface area contributed by atoms with Gasteiger partial charge in [0.15, 0.2) is 5.22 Å². The molecule has 72 valence electrons. The lowest BCUT2D eigenvalue weighted by atomic mass is 9.96. The Balaban J connectivity index is 2.59. The fraction of sp³-hybridized carbons (Fsp3) is 0.0625. The number of hydrogen-bond donors (Lipinski definition) is 0. The Hall–Kier alpha value is -2.13. The summed E-state index contributed by atoms with van der Waals surface area (Å²) in [5.74, 6) is 0. The molecule has 0 bridgehead atoms. The molecule has 2 aromatic rings. The van der Waals surface area contributed by atoms with Crippen molar-refractivity contribution in [2.75, 3.05) is 0 Å². The van der Waals surface area contributed by atoms with Crippen LogP contribution in [0, 0.1) is 0 Å². The molecular formula is C16H9+.